The van der Waals surface area contributed by atoms with Crippen LogP contribution in [0.5, 0.6) is 0 Å². The van der Waals surface area contributed by atoms with Crippen LogP contribution in [0.1, 0.15) is 13.8 Å². The van der Waals surface area contributed by atoms with Crippen molar-refractivity contribution in [1.29, 1.82) is 0 Å². The second-order valence-corrected chi connectivity index (χ2v) is 7.29. The molecule has 0 radical (unpaired) electrons. The fourth-order valence-electron chi connectivity index (χ4n) is 3.93. The molecular weight excluding hydrogens is 360 g/mol. The topological polar surface area (TPSA) is 55.4 Å². The molecule has 0 spiro atoms. The standard InChI is InChI=1S/C22H36O6/c1-16(2)21-18-12-17(13-26-9-6-23-3)22(21)20(15-28-11-8-25-5)19(18)14-27-10-7-24-4/h12,18,22H,6-11,13-15H2,1-5H3. The van der Waals surface area contributed by atoms with E-state index in [1.165, 1.54) is 27.9 Å². The molecule has 2 aliphatic carbocycles. The van der Waals surface area contributed by atoms with Gasteiger partial charge in [0.2, 0.25) is 0 Å². The predicted molar refractivity (Wildman–Crippen MR) is 109 cm³/mol. The van der Waals surface area contributed by atoms with Gasteiger partial charge >= 0.3 is 0 Å². The third kappa shape index (κ3) is 5.99. The Morgan fingerprint density at radius 2 is 1.21 bits per heavy atom. The molecule has 0 N–H and O–H groups in total. The van der Waals surface area contributed by atoms with Gasteiger partial charge in [0.05, 0.1) is 59.5 Å². The summed E-state index contributed by atoms with van der Waals surface area (Å²) in [6.07, 6.45) is 2.35. The zero-order chi connectivity index (χ0) is 20.4. The second kappa shape index (κ2) is 12.5. The van der Waals surface area contributed by atoms with Crippen molar-refractivity contribution in [2.45, 2.75) is 13.8 Å². The maximum Gasteiger partial charge on any atom is 0.0704 e. The molecule has 0 aliphatic heterocycles. The van der Waals surface area contributed by atoms with Crippen molar-refractivity contribution in [2.24, 2.45) is 11.8 Å². The molecule has 2 aliphatic rings. The van der Waals surface area contributed by atoms with E-state index in [1.54, 1.807) is 21.3 Å². The molecular formula is C22H36O6. The Kier molecular flexibility index (Phi) is 10.4. The van der Waals surface area contributed by atoms with Crippen molar-refractivity contribution >= 4 is 0 Å². The number of hydrogen-bond acceptors (Lipinski definition) is 6. The van der Waals surface area contributed by atoms with E-state index in [0.29, 0.717) is 65.4 Å². The van der Waals surface area contributed by atoms with Crippen LogP contribution < -0.4 is 0 Å². The molecule has 0 fully saturated rings. The Hall–Kier alpha value is -1.02. The highest BCUT2D eigenvalue weighted by Crippen LogP contribution is 2.53. The minimum Gasteiger partial charge on any atom is -0.382 e. The van der Waals surface area contributed by atoms with Crippen LogP contribution in [-0.4, -0.2) is 80.8 Å². The maximum atomic E-state index is 5.91. The van der Waals surface area contributed by atoms with Gasteiger partial charge in [0.15, 0.2) is 0 Å². The van der Waals surface area contributed by atoms with Gasteiger partial charge in [-0.2, -0.15) is 0 Å². The van der Waals surface area contributed by atoms with Crippen LogP contribution in [0.25, 0.3) is 0 Å². The lowest BCUT2D eigenvalue weighted by Crippen LogP contribution is -2.18. The van der Waals surface area contributed by atoms with Gasteiger partial charge in [-0.25, -0.2) is 0 Å². The summed E-state index contributed by atoms with van der Waals surface area (Å²) < 4.78 is 32.9. The van der Waals surface area contributed by atoms with Gasteiger partial charge in [0.1, 0.15) is 0 Å². The van der Waals surface area contributed by atoms with Crippen molar-refractivity contribution < 1.29 is 28.4 Å². The van der Waals surface area contributed by atoms with E-state index in [-0.39, 0.29) is 5.92 Å². The summed E-state index contributed by atoms with van der Waals surface area (Å²) in [5.74, 6) is 0.556. The number of ether oxygens (including phenoxy) is 6. The number of hydrogen-bond donors (Lipinski definition) is 0. The lowest BCUT2D eigenvalue weighted by atomic mass is 9.90. The van der Waals surface area contributed by atoms with Gasteiger partial charge in [-0.15, -0.1) is 0 Å². The Bertz CT molecular complexity index is 574. The molecule has 0 saturated carbocycles. The normalized spacial score (nSPS) is 21.0. The molecule has 2 unspecified atom stereocenters. The van der Waals surface area contributed by atoms with Gasteiger partial charge in [0.25, 0.3) is 0 Å². The summed E-state index contributed by atoms with van der Waals surface area (Å²) in [6.45, 7) is 9.80. The van der Waals surface area contributed by atoms with Gasteiger partial charge in [-0.1, -0.05) is 11.6 Å². The third-order valence-electron chi connectivity index (χ3n) is 5.19. The van der Waals surface area contributed by atoms with E-state index in [9.17, 15) is 0 Å². The molecule has 0 heterocycles. The van der Waals surface area contributed by atoms with E-state index < -0.39 is 0 Å². The SMILES string of the molecule is COCCOCC1=CC2C(COCCOC)=C(COCCOC)C1C2=C(C)C. The summed E-state index contributed by atoms with van der Waals surface area (Å²) in [6, 6.07) is 0. The van der Waals surface area contributed by atoms with Crippen molar-refractivity contribution in [3.8, 4) is 0 Å². The third-order valence-corrected chi connectivity index (χ3v) is 5.19. The predicted octanol–water partition coefficient (Wildman–Crippen LogP) is 2.79. The number of fused-ring (bicyclic) bond motifs is 2. The van der Waals surface area contributed by atoms with Crippen molar-refractivity contribution in [3.63, 3.8) is 0 Å². The summed E-state index contributed by atoms with van der Waals surface area (Å²) >= 11 is 0. The molecule has 2 atom stereocenters. The van der Waals surface area contributed by atoms with Crippen LogP contribution in [0.2, 0.25) is 0 Å². The minimum absolute atomic E-state index is 0.265. The first-order valence-corrected chi connectivity index (χ1v) is 9.95. The molecule has 2 rings (SSSR count). The first-order valence-electron chi connectivity index (χ1n) is 9.95. The molecule has 0 amide bonds. The highest BCUT2D eigenvalue weighted by atomic mass is 16.5. The first-order chi connectivity index (χ1) is 13.7. The van der Waals surface area contributed by atoms with Gasteiger partial charge < -0.3 is 28.4 Å². The smallest absolute Gasteiger partial charge is 0.0704 e. The second-order valence-electron chi connectivity index (χ2n) is 7.29. The van der Waals surface area contributed by atoms with Crippen molar-refractivity contribution in [1.82, 2.24) is 0 Å². The average Bonchev–Trinajstić information content (AvgIpc) is 3.19. The van der Waals surface area contributed by atoms with E-state index in [0.717, 1.165) is 0 Å². The molecule has 160 valence electrons. The zero-order valence-corrected chi connectivity index (χ0v) is 18.0. The highest BCUT2D eigenvalue weighted by Gasteiger charge is 2.44. The minimum atomic E-state index is 0.265. The van der Waals surface area contributed by atoms with Crippen molar-refractivity contribution in [2.75, 3.05) is 80.8 Å². The molecule has 6 heteroatoms. The van der Waals surface area contributed by atoms with E-state index in [4.69, 9.17) is 28.4 Å². The zero-order valence-electron chi connectivity index (χ0n) is 18.0. The molecule has 6 nitrogen and oxygen atoms in total. The molecule has 28 heavy (non-hydrogen) atoms. The van der Waals surface area contributed by atoms with Crippen LogP contribution in [-0.2, 0) is 28.4 Å². The quantitative estimate of drug-likeness (QED) is 0.313. The Balaban J connectivity index is 2.13. The monoisotopic (exact) mass is 396 g/mol. The number of rotatable bonds is 15. The van der Waals surface area contributed by atoms with Crippen LogP contribution in [0.4, 0.5) is 0 Å². The van der Waals surface area contributed by atoms with Gasteiger partial charge in [0, 0.05) is 33.2 Å². The summed E-state index contributed by atoms with van der Waals surface area (Å²) in [4.78, 5) is 0. The molecule has 2 bridgehead atoms. The molecule has 0 aromatic carbocycles. The summed E-state index contributed by atoms with van der Waals surface area (Å²) in [7, 11) is 5.07. The van der Waals surface area contributed by atoms with Crippen molar-refractivity contribution in [3.05, 3.63) is 33.9 Å². The number of methoxy groups -OCH3 is 3. The molecule has 0 aromatic rings. The molecule has 0 aromatic heterocycles. The fourth-order valence-corrected chi connectivity index (χ4v) is 3.93. The fraction of sp³-hybridized carbons (Fsp3) is 0.727. The molecule has 0 saturated heterocycles. The maximum absolute atomic E-state index is 5.91. The Labute approximate surface area is 169 Å². The lowest BCUT2D eigenvalue weighted by molar-refractivity contribution is 0.0723. The van der Waals surface area contributed by atoms with Gasteiger partial charge in [-0.3, -0.25) is 0 Å². The average molecular weight is 397 g/mol. The van der Waals surface area contributed by atoms with Crippen LogP contribution in [0.15, 0.2) is 33.9 Å². The van der Waals surface area contributed by atoms with Crippen LogP contribution >= 0.6 is 0 Å². The number of allylic oxidation sites excluding steroid dienone is 3. The lowest BCUT2D eigenvalue weighted by Gasteiger charge is -2.21. The Morgan fingerprint density at radius 3 is 1.71 bits per heavy atom. The Morgan fingerprint density at radius 1 is 0.714 bits per heavy atom. The summed E-state index contributed by atoms with van der Waals surface area (Å²) in [5, 5.41) is 0. The summed E-state index contributed by atoms with van der Waals surface area (Å²) in [5.41, 5.74) is 6.79. The largest absolute Gasteiger partial charge is 0.382 e. The van der Waals surface area contributed by atoms with E-state index in [2.05, 4.69) is 19.9 Å². The van der Waals surface area contributed by atoms with Crippen LogP contribution in [0.3, 0.4) is 0 Å². The van der Waals surface area contributed by atoms with Gasteiger partial charge in [-0.05, 0) is 36.1 Å². The van der Waals surface area contributed by atoms with Crippen LogP contribution in [0, 0.1) is 11.8 Å². The highest BCUT2D eigenvalue weighted by molar-refractivity contribution is 5.57. The van der Waals surface area contributed by atoms with E-state index in [1.807, 2.05) is 0 Å². The first kappa shape index (κ1) is 23.3. The van der Waals surface area contributed by atoms with E-state index >= 15 is 0 Å².